The number of nitrogens with one attached hydrogen (secondary N) is 1. The average molecular weight is 286 g/mol. The van der Waals surface area contributed by atoms with E-state index >= 15 is 0 Å². The average Bonchev–Trinajstić information content (AvgIpc) is 2.29. The Morgan fingerprint density at radius 1 is 1.39 bits per heavy atom. The lowest BCUT2D eigenvalue weighted by Gasteiger charge is -2.19. The molecule has 1 nitrogen and oxygen atoms in total. The molecule has 0 spiro atoms. The van der Waals surface area contributed by atoms with Crippen LogP contribution in [-0.2, 0) is 6.42 Å². The summed E-state index contributed by atoms with van der Waals surface area (Å²) in [5.41, 5.74) is 2.32. The van der Waals surface area contributed by atoms with Crippen molar-refractivity contribution in [2.45, 2.75) is 39.2 Å². The Bertz CT molecular complexity index is 401. The normalized spacial score (nSPS) is 12.4. The van der Waals surface area contributed by atoms with Gasteiger partial charge in [-0.3, -0.25) is 0 Å². The Morgan fingerprint density at radius 3 is 2.67 bits per heavy atom. The summed E-state index contributed by atoms with van der Waals surface area (Å²) in [7, 11) is 0. The van der Waals surface area contributed by atoms with Crippen molar-refractivity contribution in [1.29, 1.82) is 0 Å². The number of hydrogen-bond acceptors (Lipinski definition) is 1. The highest BCUT2D eigenvalue weighted by molar-refractivity contribution is 6.35. The fourth-order valence-electron chi connectivity index (χ4n) is 1.94. The summed E-state index contributed by atoms with van der Waals surface area (Å²) in [5.74, 6) is 0. The fourth-order valence-corrected chi connectivity index (χ4v) is 2.42. The van der Waals surface area contributed by atoms with Crippen molar-refractivity contribution in [3.8, 4) is 0 Å². The van der Waals surface area contributed by atoms with E-state index in [-0.39, 0.29) is 0 Å². The summed E-state index contributed by atoms with van der Waals surface area (Å²) in [6.07, 6.45) is 3.00. The molecule has 0 saturated heterocycles. The number of rotatable bonds is 7. The molecule has 0 aliphatic heterocycles. The van der Waals surface area contributed by atoms with Gasteiger partial charge in [-0.2, -0.15) is 0 Å². The molecule has 0 radical (unpaired) electrons. The highest BCUT2D eigenvalue weighted by Crippen LogP contribution is 2.23. The summed E-state index contributed by atoms with van der Waals surface area (Å²) >= 11 is 12.1. The van der Waals surface area contributed by atoms with Crippen LogP contribution in [0.5, 0.6) is 0 Å². The van der Waals surface area contributed by atoms with Crippen molar-refractivity contribution in [3.05, 3.63) is 46.0 Å². The topological polar surface area (TPSA) is 12.0 Å². The highest BCUT2D eigenvalue weighted by Gasteiger charge is 2.11. The van der Waals surface area contributed by atoms with Gasteiger partial charge in [-0.05, 0) is 50.4 Å². The van der Waals surface area contributed by atoms with Crippen LogP contribution in [0.1, 0.15) is 32.3 Å². The maximum Gasteiger partial charge on any atom is 0.0453 e. The van der Waals surface area contributed by atoms with Gasteiger partial charge in [0.15, 0.2) is 0 Å². The standard InChI is InChI=1S/C15H21Cl2N/c1-4-7-18-14(8-11(2)3)9-12-5-6-13(16)10-15(12)17/h5-6,10,14,18H,2,4,7-9H2,1,3H3. The van der Waals surface area contributed by atoms with E-state index in [0.29, 0.717) is 11.1 Å². The van der Waals surface area contributed by atoms with E-state index in [0.717, 1.165) is 36.4 Å². The first kappa shape index (κ1) is 15.6. The summed E-state index contributed by atoms with van der Waals surface area (Å²) in [6.45, 7) is 9.23. The molecule has 1 atom stereocenters. The Morgan fingerprint density at radius 2 is 2.11 bits per heavy atom. The first-order chi connectivity index (χ1) is 8.52. The monoisotopic (exact) mass is 285 g/mol. The first-order valence-corrected chi connectivity index (χ1v) is 7.10. The van der Waals surface area contributed by atoms with Gasteiger partial charge in [0.2, 0.25) is 0 Å². The third-order valence-corrected chi connectivity index (χ3v) is 3.35. The van der Waals surface area contributed by atoms with Crippen molar-refractivity contribution in [1.82, 2.24) is 5.32 Å². The minimum Gasteiger partial charge on any atom is -0.313 e. The van der Waals surface area contributed by atoms with Gasteiger partial charge >= 0.3 is 0 Å². The third-order valence-electron chi connectivity index (χ3n) is 2.76. The van der Waals surface area contributed by atoms with E-state index in [1.807, 2.05) is 12.1 Å². The zero-order valence-corrected chi connectivity index (χ0v) is 12.6. The minimum atomic E-state index is 0.390. The Labute approximate surface area is 120 Å². The molecule has 1 aromatic carbocycles. The molecule has 0 amide bonds. The third kappa shape index (κ3) is 5.43. The predicted octanol–water partition coefficient (Wildman–Crippen LogP) is 4.87. The van der Waals surface area contributed by atoms with Crippen LogP contribution in [0.2, 0.25) is 10.0 Å². The van der Waals surface area contributed by atoms with Crippen LogP contribution in [0.4, 0.5) is 0 Å². The lowest BCUT2D eigenvalue weighted by molar-refractivity contribution is 0.504. The molecule has 0 saturated carbocycles. The van der Waals surface area contributed by atoms with Crippen molar-refractivity contribution in [2.24, 2.45) is 0 Å². The van der Waals surface area contributed by atoms with Gasteiger partial charge in [0, 0.05) is 16.1 Å². The molecule has 0 heterocycles. The fraction of sp³-hybridized carbons (Fsp3) is 0.467. The smallest absolute Gasteiger partial charge is 0.0453 e. The molecule has 1 unspecified atom stereocenters. The molecule has 0 bridgehead atoms. The molecular weight excluding hydrogens is 265 g/mol. The van der Waals surface area contributed by atoms with Crippen LogP contribution in [-0.4, -0.2) is 12.6 Å². The second-order valence-electron chi connectivity index (χ2n) is 4.75. The van der Waals surface area contributed by atoms with Crippen molar-refractivity contribution >= 4 is 23.2 Å². The molecule has 1 aromatic rings. The summed E-state index contributed by atoms with van der Waals surface area (Å²) in [4.78, 5) is 0. The molecule has 3 heteroatoms. The van der Waals surface area contributed by atoms with Crippen LogP contribution in [0.3, 0.4) is 0 Å². The molecule has 18 heavy (non-hydrogen) atoms. The summed E-state index contributed by atoms with van der Waals surface area (Å²) in [5, 5.41) is 4.96. The maximum absolute atomic E-state index is 6.21. The van der Waals surface area contributed by atoms with Crippen LogP contribution in [0.15, 0.2) is 30.4 Å². The quantitative estimate of drug-likeness (QED) is 0.705. The van der Waals surface area contributed by atoms with Gasteiger partial charge in [-0.15, -0.1) is 6.58 Å². The van der Waals surface area contributed by atoms with Crippen LogP contribution >= 0.6 is 23.2 Å². The van der Waals surface area contributed by atoms with Gasteiger partial charge in [0.25, 0.3) is 0 Å². The Hall–Kier alpha value is -0.500. The number of hydrogen-bond donors (Lipinski definition) is 1. The van der Waals surface area contributed by atoms with E-state index in [1.54, 1.807) is 6.07 Å². The van der Waals surface area contributed by atoms with E-state index in [9.17, 15) is 0 Å². The molecule has 0 fully saturated rings. The first-order valence-electron chi connectivity index (χ1n) is 6.34. The van der Waals surface area contributed by atoms with Gasteiger partial charge in [-0.1, -0.05) is 41.8 Å². The van der Waals surface area contributed by atoms with Crippen molar-refractivity contribution in [2.75, 3.05) is 6.54 Å². The van der Waals surface area contributed by atoms with Gasteiger partial charge in [0.05, 0.1) is 0 Å². The van der Waals surface area contributed by atoms with Gasteiger partial charge in [-0.25, -0.2) is 0 Å². The van der Waals surface area contributed by atoms with E-state index in [4.69, 9.17) is 23.2 Å². The second kappa shape index (κ2) is 7.83. The molecule has 100 valence electrons. The van der Waals surface area contributed by atoms with E-state index < -0.39 is 0 Å². The van der Waals surface area contributed by atoms with Crippen LogP contribution < -0.4 is 5.32 Å². The van der Waals surface area contributed by atoms with Gasteiger partial charge < -0.3 is 5.32 Å². The number of halogens is 2. The summed E-state index contributed by atoms with van der Waals surface area (Å²) < 4.78 is 0. The Balaban J connectivity index is 2.71. The largest absolute Gasteiger partial charge is 0.313 e. The SMILES string of the molecule is C=C(C)CC(Cc1ccc(Cl)cc1Cl)NCCC. The molecule has 1 N–H and O–H groups in total. The minimum absolute atomic E-state index is 0.390. The van der Waals surface area contributed by atoms with Crippen molar-refractivity contribution < 1.29 is 0 Å². The zero-order valence-electron chi connectivity index (χ0n) is 11.1. The van der Waals surface area contributed by atoms with Gasteiger partial charge in [0.1, 0.15) is 0 Å². The zero-order chi connectivity index (χ0) is 13.5. The molecule has 0 aromatic heterocycles. The molecular formula is C15H21Cl2N. The van der Waals surface area contributed by atoms with E-state index in [2.05, 4.69) is 25.7 Å². The predicted molar refractivity (Wildman–Crippen MR) is 81.7 cm³/mol. The lowest BCUT2D eigenvalue weighted by Crippen LogP contribution is -2.32. The van der Waals surface area contributed by atoms with Crippen LogP contribution in [0.25, 0.3) is 0 Å². The molecule has 0 aliphatic rings. The summed E-state index contributed by atoms with van der Waals surface area (Å²) in [6, 6.07) is 6.08. The highest BCUT2D eigenvalue weighted by atomic mass is 35.5. The number of benzene rings is 1. The lowest BCUT2D eigenvalue weighted by atomic mass is 10.00. The van der Waals surface area contributed by atoms with Crippen LogP contribution in [0, 0.1) is 0 Å². The van der Waals surface area contributed by atoms with E-state index in [1.165, 1.54) is 5.57 Å². The Kier molecular flexibility index (Phi) is 6.77. The molecule has 0 aliphatic carbocycles. The van der Waals surface area contributed by atoms with Crippen molar-refractivity contribution in [3.63, 3.8) is 0 Å². The molecule has 1 rings (SSSR count). The maximum atomic E-state index is 6.21. The second-order valence-corrected chi connectivity index (χ2v) is 5.60.